The average molecular weight is 154 g/mol. The van der Waals surface area contributed by atoms with Gasteiger partial charge < -0.3 is 0 Å². The van der Waals surface area contributed by atoms with Crippen molar-refractivity contribution in [2.24, 2.45) is 5.92 Å². The molecule has 10 heavy (non-hydrogen) atoms. The number of alkyl halides is 1. The molecule has 2 radical (unpaired) electrons. The van der Waals surface area contributed by atoms with Crippen LogP contribution in [-0.4, -0.2) is 11.4 Å². The van der Waals surface area contributed by atoms with Crippen LogP contribution in [0.25, 0.3) is 0 Å². The summed E-state index contributed by atoms with van der Waals surface area (Å²) in [7, 11) is 0. The van der Waals surface area contributed by atoms with Gasteiger partial charge in [0.05, 0.1) is 5.75 Å². The van der Waals surface area contributed by atoms with Gasteiger partial charge in [-0.05, 0) is 0 Å². The van der Waals surface area contributed by atoms with Crippen LogP contribution in [-0.2, 0) is 0 Å². The fourth-order valence-electron chi connectivity index (χ4n) is 1.21. The van der Waals surface area contributed by atoms with E-state index in [2.05, 4.69) is 5.75 Å². The molecule has 1 fully saturated rings. The van der Waals surface area contributed by atoms with Gasteiger partial charge >= 0.3 is 0 Å². The highest BCUT2D eigenvalue weighted by Crippen LogP contribution is 2.40. The first-order chi connectivity index (χ1) is 4.88. The van der Waals surface area contributed by atoms with E-state index in [1.807, 2.05) is 24.3 Å². The normalized spacial score (nSPS) is 43.9. The van der Waals surface area contributed by atoms with E-state index in [0.29, 0.717) is 5.25 Å². The van der Waals surface area contributed by atoms with Crippen LogP contribution < -0.4 is 0 Å². The molecule has 3 atom stereocenters. The molecule has 0 N–H and O–H groups in total. The fraction of sp³-hybridized carbons (Fsp3) is 0.375. The summed E-state index contributed by atoms with van der Waals surface area (Å²) in [6.45, 7) is 0. The smallest absolute Gasteiger partial charge is 0.125 e. The molecule has 0 nitrogen and oxygen atoms in total. The molecule has 2 heteroatoms. The molecule has 1 aliphatic heterocycles. The van der Waals surface area contributed by atoms with Crippen molar-refractivity contribution < 1.29 is 4.39 Å². The van der Waals surface area contributed by atoms with E-state index in [9.17, 15) is 4.39 Å². The van der Waals surface area contributed by atoms with Crippen LogP contribution in [0.5, 0.6) is 0 Å². The van der Waals surface area contributed by atoms with E-state index in [1.54, 1.807) is 0 Å². The Bertz CT molecular complexity index is 186. The van der Waals surface area contributed by atoms with Gasteiger partial charge in [-0.15, -0.1) is 11.8 Å². The lowest BCUT2D eigenvalue weighted by Gasteiger charge is -2.14. The molecule has 0 saturated carbocycles. The predicted molar refractivity (Wildman–Crippen MR) is 41.3 cm³/mol. The molecule has 0 aromatic carbocycles. The van der Waals surface area contributed by atoms with Crippen LogP contribution in [0.2, 0.25) is 0 Å². The van der Waals surface area contributed by atoms with Crippen molar-refractivity contribution in [1.29, 1.82) is 0 Å². The van der Waals surface area contributed by atoms with Crippen molar-refractivity contribution in [2.45, 2.75) is 11.4 Å². The van der Waals surface area contributed by atoms with Crippen LogP contribution >= 0.6 is 11.8 Å². The average Bonchev–Trinajstić information content (AvgIpc) is 2.34. The second kappa shape index (κ2) is 2.42. The van der Waals surface area contributed by atoms with Crippen LogP contribution in [0, 0.1) is 11.7 Å². The Hall–Kier alpha value is -0.240. The van der Waals surface area contributed by atoms with Gasteiger partial charge in [0.1, 0.15) is 6.17 Å². The fourth-order valence-corrected chi connectivity index (χ4v) is 2.21. The van der Waals surface area contributed by atoms with Crippen LogP contribution in [0.4, 0.5) is 4.39 Å². The zero-order valence-corrected chi connectivity index (χ0v) is 6.14. The second-order valence-electron chi connectivity index (χ2n) is 2.45. The van der Waals surface area contributed by atoms with E-state index >= 15 is 0 Å². The van der Waals surface area contributed by atoms with Crippen molar-refractivity contribution in [1.82, 2.24) is 0 Å². The Morgan fingerprint density at radius 1 is 1.30 bits per heavy atom. The van der Waals surface area contributed by atoms with Crippen molar-refractivity contribution >= 4 is 11.8 Å². The summed E-state index contributed by atoms with van der Waals surface area (Å²) in [6.07, 6.45) is 6.95. The second-order valence-corrected chi connectivity index (χ2v) is 3.46. The third kappa shape index (κ3) is 0.908. The standard InChI is InChI=1S/C8H7FS/c9-7-5-10-8-4-2-1-3-6(7)8/h1-4,6-8H. The molecule has 0 amide bonds. The Morgan fingerprint density at radius 2 is 2.10 bits per heavy atom. The third-order valence-corrected chi connectivity index (χ3v) is 2.88. The van der Waals surface area contributed by atoms with E-state index in [4.69, 9.17) is 0 Å². The molecular formula is C8H7FS. The minimum absolute atomic E-state index is 0.0509. The minimum atomic E-state index is -0.865. The SMILES string of the molecule is FC1[C]SC2C=CC=CC12. The third-order valence-electron chi connectivity index (χ3n) is 1.78. The van der Waals surface area contributed by atoms with Crippen molar-refractivity contribution in [2.75, 3.05) is 0 Å². The Balaban J connectivity index is 2.19. The maximum Gasteiger partial charge on any atom is 0.125 e. The molecule has 0 bridgehead atoms. The molecule has 0 aromatic rings. The first-order valence-corrected chi connectivity index (χ1v) is 4.16. The lowest BCUT2D eigenvalue weighted by atomic mass is 9.97. The number of rotatable bonds is 0. The molecule has 1 aliphatic carbocycles. The molecule has 3 unspecified atom stereocenters. The number of hydrogen-bond acceptors (Lipinski definition) is 1. The van der Waals surface area contributed by atoms with Crippen LogP contribution in [0.1, 0.15) is 0 Å². The van der Waals surface area contributed by atoms with E-state index in [-0.39, 0.29) is 5.92 Å². The summed E-state index contributed by atoms with van der Waals surface area (Å²) in [6, 6.07) is 0. The highest BCUT2D eigenvalue weighted by atomic mass is 32.2. The highest BCUT2D eigenvalue weighted by molar-refractivity contribution is 8.02. The van der Waals surface area contributed by atoms with Crippen molar-refractivity contribution in [3.8, 4) is 0 Å². The number of fused-ring (bicyclic) bond motifs is 1. The summed E-state index contributed by atoms with van der Waals surface area (Å²) in [5.74, 6) is 2.76. The Labute approximate surface area is 64.2 Å². The maximum atomic E-state index is 12.8. The minimum Gasteiger partial charge on any atom is -0.245 e. The van der Waals surface area contributed by atoms with Gasteiger partial charge in [-0.1, -0.05) is 24.3 Å². The quantitative estimate of drug-likeness (QED) is 0.515. The Kier molecular flexibility index (Phi) is 1.57. The van der Waals surface area contributed by atoms with Crippen LogP contribution in [0.3, 0.4) is 0 Å². The number of allylic oxidation sites excluding steroid dienone is 3. The molecule has 0 spiro atoms. The summed E-state index contributed by atoms with van der Waals surface area (Å²) >= 11 is 1.47. The lowest BCUT2D eigenvalue weighted by molar-refractivity contribution is 0.329. The molecule has 52 valence electrons. The summed E-state index contributed by atoms with van der Waals surface area (Å²) in [4.78, 5) is 0. The summed E-state index contributed by atoms with van der Waals surface area (Å²) in [5, 5.41) is 0.306. The highest BCUT2D eigenvalue weighted by Gasteiger charge is 2.35. The van der Waals surface area contributed by atoms with Gasteiger partial charge in [-0.25, -0.2) is 4.39 Å². The molecule has 2 rings (SSSR count). The monoisotopic (exact) mass is 154 g/mol. The van der Waals surface area contributed by atoms with E-state index in [1.165, 1.54) is 11.8 Å². The van der Waals surface area contributed by atoms with Gasteiger partial charge in [0, 0.05) is 11.2 Å². The maximum absolute atomic E-state index is 12.8. The van der Waals surface area contributed by atoms with Gasteiger partial charge in [-0.3, -0.25) is 0 Å². The predicted octanol–water partition coefficient (Wildman–Crippen LogP) is 2.22. The molecule has 2 aliphatic rings. The van der Waals surface area contributed by atoms with Crippen molar-refractivity contribution in [3.05, 3.63) is 30.1 Å². The largest absolute Gasteiger partial charge is 0.245 e. The lowest BCUT2D eigenvalue weighted by Crippen LogP contribution is -2.16. The first-order valence-electron chi connectivity index (χ1n) is 3.28. The topological polar surface area (TPSA) is 0 Å². The van der Waals surface area contributed by atoms with E-state index < -0.39 is 6.17 Å². The summed E-state index contributed by atoms with van der Waals surface area (Å²) in [5.41, 5.74) is 0. The zero-order valence-electron chi connectivity index (χ0n) is 5.33. The van der Waals surface area contributed by atoms with Gasteiger partial charge in [-0.2, -0.15) is 0 Å². The van der Waals surface area contributed by atoms with Gasteiger partial charge in [0.2, 0.25) is 0 Å². The van der Waals surface area contributed by atoms with E-state index in [0.717, 1.165) is 0 Å². The molecule has 1 heterocycles. The van der Waals surface area contributed by atoms with Gasteiger partial charge in [0.15, 0.2) is 0 Å². The van der Waals surface area contributed by atoms with Crippen molar-refractivity contribution in [3.63, 3.8) is 0 Å². The Morgan fingerprint density at radius 3 is 2.90 bits per heavy atom. The van der Waals surface area contributed by atoms with Crippen LogP contribution in [0.15, 0.2) is 24.3 Å². The van der Waals surface area contributed by atoms with Gasteiger partial charge in [0.25, 0.3) is 0 Å². The first kappa shape index (κ1) is 6.47. The zero-order chi connectivity index (χ0) is 6.97. The summed E-state index contributed by atoms with van der Waals surface area (Å²) < 4.78 is 12.8. The molecule has 1 saturated heterocycles. The number of halogens is 1. The number of hydrogen-bond donors (Lipinski definition) is 0. The number of thioether (sulfide) groups is 1. The molecule has 0 aromatic heterocycles. The molecular weight excluding hydrogens is 147 g/mol.